The van der Waals surface area contributed by atoms with Crippen LogP contribution in [0.3, 0.4) is 0 Å². The second kappa shape index (κ2) is 8.37. The number of carboxylic acid groups (broad SMARTS) is 1. The molecule has 3 amide bonds. The summed E-state index contributed by atoms with van der Waals surface area (Å²) in [5, 5.41) is 11.9. The minimum atomic E-state index is -1.02. The van der Waals surface area contributed by atoms with Gasteiger partial charge in [-0.15, -0.1) is 0 Å². The van der Waals surface area contributed by atoms with Gasteiger partial charge in [0.2, 0.25) is 11.8 Å². The molecule has 0 spiro atoms. The van der Waals surface area contributed by atoms with Crippen molar-refractivity contribution in [2.24, 2.45) is 0 Å². The Kier molecular flexibility index (Phi) is 5.91. The van der Waals surface area contributed by atoms with Gasteiger partial charge >= 0.3 is 5.97 Å². The molecule has 9 nitrogen and oxygen atoms in total. The fourth-order valence-corrected chi connectivity index (χ4v) is 3.84. The Labute approximate surface area is 162 Å². The molecule has 150 valence electrons. The lowest BCUT2D eigenvalue weighted by Crippen LogP contribution is -2.54. The summed E-state index contributed by atoms with van der Waals surface area (Å²) in [7, 11) is 0. The highest BCUT2D eigenvalue weighted by molar-refractivity contribution is 5.97. The fraction of sp³-hybridized carbons (Fsp3) is 0.526. The Hall–Kier alpha value is -2.97. The van der Waals surface area contributed by atoms with Gasteiger partial charge in [-0.1, -0.05) is 6.07 Å². The first kappa shape index (κ1) is 19.8. The molecule has 2 N–H and O–H groups in total. The predicted molar refractivity (Wildman–Crippen MR) is 98.3 cm³/mol. The average Bonchev–Trinajstić information content (AvgIpc) is 3.37. The number of hydrogen-bond acceptors (Lipinski definition) is 5. The Bertz CT molecular complexity index is 769. The van der Waals surface area contributed by atoms with Crippen molar-refractivity contribution in [1.82, 2.24) is 20.1 Å². The Morgan fingerprint density at radius 2 is 1.79 bits per heavy atom. The van der Waals surface area contributed by atoms with Crippen LogP contribution in [0.4, 0.5) is 0 Å². The van der Waals surface area contributed by atoms with Gasteiger partial charge in [-0.2, -0.15) is 0 Å². The molecule has 3 atom stereocenters. The lowest BCUT2D eigenvalue weighted by atomic mass is 10.1. The molecule has 0 radical (unpaired) electrons. The van der Waals surface area contributed by atoms with Crippen LogP contribution in [0.25, 0.3) is 0 Å². The monoisotopic (exact) mass is 388 g/mol. The highest BCUT2D eigenvalue weighted by Crippen LogP contribution is 2.25. The third-order valence-corrected chi connectivity index (χ3v) is 5.26. The van der Waals surface area contributed by atoms with Crippen molar-refractivity contribution in [2.75, 3.05) is 13.1 Å². The van der Waals surface area contributed by atoms with E-state index in [2.05, 4.69) is 10.3 Å². The largest absolute Gasteiger partial charge is 0.480 e. The summed E-state index contributed by atoms with van der Waals surface area (Å²) in [6.07, 6.45) is 3.71. The lowest BCUT2D eigenvalue weighted by Gasteiger charge is -2.31. The predicted octanol–water partition coefficient (Wildman–Crippen LogP) is 0.267. The van der Waals surface area contributed by atoms with E-state index in [1.54, 1.807) is 25.1 Å². The number of aromatic nitrogens is 1. The molecule has 0 bridgehead atoms. The minimum Gasteiger partial charge on any atom is -0.480 e. The molecule has 0 saturated carbocycles. The third kappa shape index (κ3) is 3.97. The molecule has 3 heterocycles. The van der Waals surface area contributed by atoms with Crippen LogP contribution in [0.15, 0.2) is 24.4 Å². The fourth-order valence-electron chi connectivity index (χ4n) is 3.84. The number of rotatable bonds is 5. The van der Waals surface area contributed by atoms with Gasteiger partial charge in [0.05, 0.1) is 0 Å². The van der Waals surface area contributed by atoms with Crippen LogP contribution in [0, 0.1) is 0 Å². The van der Waals surface area contributed by atoms with Gasteiger partial charge in [0.1, 0.15) is 23.8 Å². The van der Waals surface area contributed by atoms with Crippen LogP contribution in [0.2, 0.25) is 0 Å². The van der Waals surface area contributed by atoms with Crippen molar-refractivity contribution in [3.8, 4) is 0 Å². The molecule has 2 saturated heterocycles. The van der Waals surface area contributed by atoms with Crippen molar-refractivity contribution >= 4 is 23.7 Å². The SMILES string of the molecule is C[C@H](NC(=O)c1ccccn1)C(=O)N1CCC[C@H]1C(=O)N1CCC[C@H]1C(=O)O. The zero-order chi connectivity index (χ0) is 20.3. The van der Waals surface area contributed by atoms with Crippen LogP contribution in [0.5, 0.6) is 0 Å². The number of carbonyl (C=O) groups excluding carboxylic acids is 3. The van der Waals surface area contributed by atoms with Crippen LogP contribution in [-0.4, -0.2) is 74.8 Å². The summed E-state index contributed by atoms with van der Waals surface area (Å²) in [6.45, 7) is 2.36. The summed E-state index contributed by atoms with van der Waals surface area (Å²) in [5.41, 5.74) is 0.206. The van der Waals surface area contributed by atoms with Crippen molar-refractivity contribution < 1.29 is 24.3 Å². The zero-order valence-electron chi connectivity index (χ0n) is 15.7. The normalized spacial score (nSPS) is 22.8. The van der Waals surface area contributed by atoms with E-state index in [9.17, 15) is 24.3 Å². The van der Waals surface area contributed by atoms with E-state index in [1.165, 1.54) is 16.0 Å². The molecule has 1 aromatic heterocycles. The number of hydrogen-bond donors (Lipinski definition) is 2. The van der Waals surface area contributed by atoms with Crippen LogP contribution in [-0.2, 0) is 14.4 Å². The molecule has 9 heteroatoms. The summed E-state index contributed by atoms with van der Waals surface area (Å²) < 4.78 is 0. The van der Waals surface area contributed by atoms with Crippen LogP contribution < -0.4 is 5.32 Å². The van der Waals surface area contributed by atoms with Gasteiger partial charge in [0.15, 0.2) is 0 Å². The average molecular weight is 388 g/mol. The van der Waals surface area contributed by atoms with Gasteiger partial charge in [-0.3, -0.25) is 19.4 Å². The summed E-state index contributed by atoms with van der Waals surface area (Å²) in [5.74, 6) is -2.16. The number of likely N-dealkylation sites (tertiary alicyclic amines) is 2. The van der Waals surface area contributed by atoms with Crippen molar-refractivity contribution in [3.05, 3.63) is 30.1 Å². The lowest BCUT2D eigenvalue weighted by molar-refractivity contribution is -0.152. The molecule has 0 aliphatic carbocycles. The maximum Gasteiger partial charge on any atom is 0.326 e. The maximum atomic E-state index is 12.9. The molecule has 1 aromatic rings. The molecule has 2 aliphatic rings. The first-order chi connectivity index (χ1) is 13.4. The summed E-state index contributed by atoms with van der Waals surface area (Å²) in [6, 6.07) is 2.59. The second-order valence-corrected chi connectivity index (χ2v) is 7.13. The van der Waals surface area contributed by atoms with Crippen LogP contribution in [0.1, 0.15) is 43.1 Å². The Balaban J connectivity index is 1.66. The van der Waals surface area contributed by atoms with Gasteiger partial charge in [-0.25, -0.2) is 4.79 Å². The first-order valence-corrected chi connectivity index (χ1v) is 9.46. The second-order valence-electron chi connectivity index (χ2n) is 7.13. The van der Waals surface area contributed by atoms with E-state index in [1.807, 2.05) is 0 Å². The maximum absolute atomic E-state index is 12.9. The molecule has 28 heavy (non-hydrogen) atoms. The van der Waals surface area contributed by atoms with Crippen LogP contribution >= 0.6 is 0 Å². The number of nitrogens with zero attached hydrogens (tertiary/aromatic N) is 3. The number of pyridine rings is 1. The molecular formula is C19H24N4O5. The number of carboxylic acids is 1. The summed E-state index contributed by atoms with van der Waals surface area (Å²) in [4.78, 5) is 56.2. The van der Waals surface area contributed by atoms with Gasteiger partial charge in [-0.05, 0) is 44.7 Å². The molecule has 0 aromatic carbocycles. The zero-order valence-corrected chi connectivity index (χ0v) is 15.7. The van der Waals surface area contributed by atoms with E-state index in [0.717, 1.165) is 0 Å². The Morgan fingerprint density at radius 1 is 1.11 bits per heavy atom. The first-order valence-electron chi connectivity index (χ1n) is 9.46. The molecular weight excluding hydrogens is 364 g/mol. The number of aliphatic carboxylic acids is 1. The van der Waals surface area contributed by atoms with Crippen molar-refractivity contribution in [3.63, 3.8) is 0 Å². The third-order valence-electron chi connectivity index (χ3n) is 5.26. The van der Waals surface area contributed by atoms with Gasteiger partial charge < -0.3 is 20.2 Å². The van der Waals surface area contributed by atoms with E-state index in [0.29, 0.717) is 38.8 Å². The van der Waals surface area contributed by atoms with Crippen molar-refractivity contribution in [1.29, 1.82) is 0 Å². The van der Waals surface area contributed by atoms with Crippen molar-refractivity contribution in [2.45, 2.75) is 50.7 Å². The van der Waals surface area contributed by atoms with Gasteiger partial charge in [0.25, 0.3) is 5.91 Å². The minimum absolute atomic E-state index is 0.206. The quantitative estimate of drug-likeness (QED) is 0.747. The molecule has 2 fully saturated rings. The van der Waals surface area contributed by atoms with Gasteiger partial charge in [0, 0.05) is 19.3 Å². The van der Waals surface area contributed by atoms with E-state index >= 15 is 0 Å². The number of carbonyl (C=O) groups is 4. The van der Waals surface area contributed by atoms with E-state index < -0.39 is 30.0 Å². The van der Waals surface area contributed by atoms with E-state index in [4.69, 9.17) is 0 Å². The highest BCUT2D eigenvalue weighted by Gasteiger charge is 2.42. The standard InChI is InChI=1S/C19H24N4O5/c1-12(21-16(24)13-6-2-3-9-20-13)17(25)22-10-4-7-14(22)18(26)23-11-5-8-15(23)19(27)28/h2-3,6,9,12,14-15H,4-5,7-8,10-11H2,1H3,(H,21,24)(H,27,28)/t12-,14-,15-/m0/s1. The Morgan fingerprint density at radius 3 is 2.43 bits per heavy atom. The number of nitrogens with one attached hydrogen (secondary N) is 1. The smallest absolute Gasteiger partial charge is 0.326 e. The highest BCUT2D eigenvalue weighted by atomic mass is 16.4. The van der Waals surface area contributed by atoms with E-state index in [-0.39, 0.29) is 17.5 Å². The number of amides is 3. The molecule has 2 aliphatic heterocycles. The topological polar surface area (TPSA) is 120 Å². The molecule has 3 rings (SSSR count). The molecule has 0 unspecified atom stereocenters. The summed E-state index contributed by atoms with van der Waals surface area (Å²) >= 11 is 0.